The van der Waals surface area contributed by atoms with E-state index in [4.69, 9.17) is 23.9 Å². The lowest BCUT2D eigenvalue weighted by atomic mass is 9.89. The van der Waals surface area contributed by atoms with Gasteiger partial charge in [0.2, 0.25) is 0 Å². The lowest BCUT2D eigenvalue weighted by Crippen LogP contribution is -2.22. The molecule has 0 saturated heterocycles. The van der Waals surface area contributed by atoms with Crippen LogP contribution in [0, 0.1) is 0 Å². The van der Waals surface area contributed by atoms with Gasteiger partial charge >= 0.3 is 0 Å². The summed E-state index contributed by atoms with van der Waals surface area (Å²) in [6.07, 6.45) is 2.74. The molecule has 35 heavy (non-hydrogen) atoms. The number of hydrogen-bond donors (Lipinski definition) is 1. The van der Waals surface area contributed by atoms with Crippen molar-refractivity contribution in [3.8, 4) is 23.0 Å². The minimum Gasteiger partial charge on any atom is -0.511 e. The Balaban J connectivity index is 1.79. The maximum atomic E-state index is 12.8. The number of aliphatic hydroxyl groups is 1. The second-order valence-corrected chi connectivity index (χ2v) is 8.19. The molecule has 0 radical (unpaired) electrons. The summed E-state index contributed by atoms with van der Waals surface area (Å²) < 4.78 is 22.0. The summed E-state index contributed by atoms with van der Waals surface area (Å²) in [5, 5.41) is 11.0. The van der Waals surface area contributed by atoms with Gasteiger partial charge in [-0.15, -0.1) is 0 Å². The second kappa shape index (κ2) is 12.8. The zero-order valence-corrected chi connectivity index (χ0v) is 21.1. The van der Waals surface area contributed by atoms with E-state index in [-0.39, 0.29) is 18.0 Å². The van der Waals surface area contributed by atoms with Gasteiger partial charge in [-0.25, -0.2) is 0 Å². The van der Waals surface area contributed by atoms with E-state index in [0.29, 0.717) is 73.3 Å². The number of Topliss-reactive ketones (excluding diaryl/α,β-unsaturated/α-hetero) is 1. The molecule has 2 aromatic carbocycles. The van der Waals surface area contributed by atoms with Gasteiger partial charge in [0.25, 0.3) is 0 Å². The van der Waals surface area contributed by atoms with Gasteiger partial charge < -0.3 is 24.1 Å². The Labute approximate surface area is 207 Å². The van der Waals surface area contributed by atoms with Crippen LogP contribution in [0.4, 0.5) is 0 Å². The van der Waals surface area contributed by atoms with Crippen LogP contribution in [-0.2, 0) is 17.6 Å². The number of aliphatic hydroxyl groups excluding tert-OH is 1. The molecule has 0 heterocycles. The largest absolute Gasteiger partial charge is 0.511 e. The van der Waals surface area contributed by atoms with Gasteiger partial charge in [-0.1, -0.05) is 12.1 Å². The number of allylic oxidation sites excluding steroid dienone is 2. The summed E-state index contributed by atoms with van der Waals surface area (Å²) in [4.78, 5) is 17.5. The fourth-order valence-corrected chi connectivity index (χ4v) is 4.16. The Bertz CT molecular complexity index is 1090. The fraction of sp³-hybridized carbons (Fsp3) is 0.429. The molecule has 7 heteroatoms. The summed E-state index contributed by atoms with van der Waals surface area (Å²) in [5.41, 5.74) is 2.93. The van der Waals surface area contributed by atoms with E-state index in [2.05, 4.69) is 0 Å². The number of rotatable bonds is 11. The molecule has 0 unspecified atom stereocenters. The SMILES string of the molecule is CCOc1ccc(C/C(O)=C2/C(=O)CCCC2=NCCc2ccc(OC)c(OC)c2)cc1OCC. The molecule has 1 N–H and O–H groups in total. The molecule has 0 atom stereocenters. The van der Waals surface area contributed by atoms with Crippen molar-refractivity contribution in [1.29, 1.82) is 0 Å². The third-order valence-corrected chi connectivity index (χ3v) is 5.80. The number of aliphatic imine (C=N–C) groups is 1. The highest BCUT2D eigenvalue weighted by Crippen LogP contribution is 2.31. The van der Waals surface area contributed by atoms with Crippen LogP contribution >= 0.6 is 0 Å². The molecule has 0 aromatic heterocycles. The third-order valence-electron chi connectivity index (χ3n) is 5.80. The highest BCUT2D eigenvalue weighted by molar-refractivity contribution is 6.24. The average Bonchev–Trinajstić information content (AvgIpc) is 2.85. The normalized spacial score (nSPS) is 16.2. The first-order chi connectivity index (χ1) is 17.0. The van der Waals surface area contributed by atoms with E-state index in [0.717, 1.165) is 17.5 Å². The first-order valence-corrected chi connectivity index (χ1v) is 12.1. The van der Waals surface area contributed by atoms with E-state index < -0.39 is 0 Å². The van der Waals surface area contributed by atoms with E-state index in [1.165, 1.54) is 0 Å². The highest BCUT2D eigenvalue weighted by Gasteiger charge is 2.25. The molecule has 7 nitrogen and oxygen atoms in total. The van der Waals surface area contributed by atoms with Gasteiger partial charge in [-0.3, -0.25) is 9.79 Å². The topological polar surface area (TPSA) is 86.6 Å². The number of benzene rings is 2. The standard InChI is InChI=1S/C28H35NO6/c1-5-34-25-13-11-20(18-27(25)35-6-2)16-23(31)28-21(8-7-9-22(28)30)29-15-14-19-10-12-24(32-3)26(17-19)33-4/h10-13,17-18,31H,5-9,14-16H2,1-4H3/b28-23-,29-21?. The van der Waals surface area contributed by atoms with Gasteiger partial charge in [0.05, 0.1) is 33.0 Å². The molecule has 2 aromatic rings. The molecule has 1 saturated carbocycles. The predicted octanol–water partition coefficient (Wildman–Crippen LogP) is 5.29. The van der Waals surface area contributed by atoms with Crippen molar-refractivity contribution in [2.24, 2.45) is 4.99 Å². The number of carbonyl (C=O) groups is 1. The van der Waals surface area contributed by atoms with Crippen molar-refractivity contribution in [3.63, 3.8) is 0 Å². The van der Waals surface area contributed by atoms with Gasteiger partial charge in [-0.05, 0) is 68.5 Å². The Hall–Kier alpha value is -3.48. The fourth-order valence-electron chi connectivity index (χ4n) is 4.16. The lowest BCUT2D eigenvalue weighted by Gasteiger charge is -2.18. The van der Waals surface area contributed by atoms with E-state index >= 15 is 0 Å². The van der Waals surface area contributed by atoms with Gasteiger partial charge in [0.15, 0.2) is 28.8 Å². The maximum absolute atomic E-state index is 12.8. The van der Waals surface area contributed by atoms with Crippen LogP contribution in [0.1, 0.15) is 44.2 Å². The number of carbonyl (C=O) groups excluding carboxylic acids is 1. The van der Waals surface area contributed by atoms with Crippen LogP contribution in [0.3, 0.4) is 0 Å². The Morgan fingerprint density at radius 2 is 1.54 bits per heavy atom. The number of methoxy groups -OCH3 is 2. The van der Waals surface area contributed by atoms with Crippen LogP contribution < -0.4 is 18.9 Å². The zero-order valence-electron chi connectivity index (χ0n) is 21.1. The molecular weight excluding hydrogens is 446 g/mol. The molecule has 3 rings (SSSR count). The monoisotopic (exact) mass is 481 g/mol. The summed E-state index contributed by atoms with van der Waals surface area (Å²) in [5.74, 6) is 2.63. The Kier molecular flexibility index (Phi) is 9.58. The van der Waals surface area contributed by atoms with Crippen LogP contribution in [-0.4, -0.2) is 50.6 Å². The summed E-state index contributed by atoms with van der Waals surface area (Å²) in [6, 6.07) is 11.3. The maximum Gasteiger partial charge on any atom is 0.168 e. The highest BCUT2D eigenvalue weighted by atomic mass is 16.5. The van der Waals surface area contributed by atoms with Crippen LogP contribution in [0.15, 0.2) is 52.7 Å². The minimum atomic E-state index is -0.0606. The Morgan fingerprint density at radius 1 is 0.886 bits per heavy atom. The molecule has 0 spiro atoms. The predicted molar refractivity (Wildman–Crippen MR) is 137 cm³/mol. The molecule has 188 valence electrons. The first kappa shape index (κ1) is 26.1. The van der Waals surface area contributed by atoms with Crippen LogP contribution in [0.2, 0.25) is 0 Å². The smallest absolute Gasteiger partial charge is 0.168 e. The summed E-state index contributed by atoms with van der Waals surface area (Å²) in [7, 11) is 3.21. The van der Waals surface area contributed by atoms with Crippen molar-refractivity contribution >= 4 is 11.5 Å². The van der Waals surface area contributed by atoms with Crippen molar-refractivity contribution in [1.82, 2.24) is 0 Å². The summed E-state index contributed by atoms with van der Waals surface area (Å²) in [6.45, 7) is 5.37. The first-order valence-electron chi connectivity index (χ1n) is 12.1. The third kappa shape index (κ3) is 6.78. The van der Waals surface area contributed by atoms with Crippen LogP contribution in [0.25, 0.3) is 0 Å². The molecule has 1 aliphatic carbocycles. The molecule has 0 bridgehead atoms. The number of ether oxygens (including phenoxy) is 4. The van der Waals surface area contributed by atoms with Gasteiger partial charge in [0.1, 0.15) is 5.76 Å². The molecular formula is C28H35NO6. The van der Waals surface area contributed by atoms with Gasteiger partial charge in [0, 0.05) is 25.1 Å². The van der Waals surface area contributed by atoms with Crippen molar-refractivity contribution in [2.45, 2.75) is 46.0 Å². The molecule has 1 aliphatic rings. The number of nitrogens with zero attached hydrogens (tertiary/aromatic N) is 1. The quantitative estimate of drug-likeness (QED) is 0.347. The van der Waals surface area contributed by atoms with Crippen LogP contribution in [0.5, 0.6) is 23.0 Å². The Morgan fingerprint density at radius 3 is 2.26 bits per heavy atom. The molecule has 0 aliphatic heterocycles. The second-order valence-electron chi connectivity index (χ2n) is 8.19. The van der Waals surface area contributed by atoms with Crippen molar-refractivity contribution in [3.05, 3.63) is 58.9 Å². The van der Waals surface area contributed by atoms with E-state index in [1.54, 1.807) is 14.2 Å². The summed E-state index contributed by atoms with van der Waals surface area (Å²) >= 11 is 0. The number of ketones is 1. The van der Waals surface area contributed by atoms with Crippen molar-refractivity contribution in [2.75, 3.05) is 34.0 Å². The van der Waals surface area contributed by atoms with E-state index in [9.17, 15) is 9.90 Å². The number of hydrogen-bond acceptors (Lipinski definition) is 7. The molecule has 0 amide bonds. The van der Waals surface area contributed by atoms with Gasteiger partial charge in [-0.2, -0.15) is 0 Å². The zero-order chi connectivity index (χ0) is 25.2. The van der Waals surface area contributed by atoms with Crippen molar-refractivity contribution < 1.29 is 28.8 Å². The lowest BCUT2D eigenvalue weighted by molar-refractivity contribution is -0.115. The minimum absolute atomic E-state index is 0.0474. The van der Waals surface area contributed by atoms with E-state index in [1.807, 2.05) is 50.2 Å². The molecule has 1 fully saturated rings. The average molecular weight is 482 g/mol.